The number of nitrogens with two attached hydrogens (primary N) is 1. The molecule has 1 aromatic heterocycles. The fourth-order valence-corrected chi connectivity index (χ4v) is 2.18. The molecule has 0 aliphatic rings. The molecule has 1 atom stereocenters. The van der Waals surface area contributed by atoms with Crippen molar-refractivity contribution >= 4 is 27.5 Å². The van der Waals surface area contributed by atoms with Crippen LogP contribution in [0.15, 0.2) is 34.9 Å². The van der Waals surface area contributed by atoms with Crippen LogP contribution in [0.1, 0.15) is 18.5 Å². The molecule has 0 saturated carbocycles. The molecule has 2 N–H and O–H groups in total. The first kappa shape index (κ1) is 14.2. The minimum Gasteiger partial charge on any atom is -0.438 e. The van der Waals surface area contributed by atoms with E-state index in [0.29, 0.717) is 16.1 Å². The molecule has 3 nitrogen and oxygen atoms in total. The molecule has 19 heavy (non-hydrogen) atoms. The minimum atomic E-state index is -0.553. The van der Waals surface area contributed by atoms with Crippen LogP contribution in [0.4, 0.5) is 4.39 Å². The van der Waals surface area contributed by atoms with E-state index in [-0.39, 0.29) is 11.1 Å². The van der Waals surface area contributed by atoms with Crippen LogP contribution < -0.4 is 10.5 Å². The highest BCUT2D eigenvalue weighted by molar-refractivity contribution is 9.10. The molecule has 6 heteroatoms. The minimum absolute atomic E-state index is 0.0246. The van der Waals surface area contributed by atoms with Gasteiger partial charge in [0.25, 0.3) is 0 Å². The Bertz CT molecular complexity index is 607. The molecule has 0 amide bonds. The van der Waals surface area contributed by atoms with Crippen LogP contribution >= 0.6 is 27.5 Å². The van der Waals surface area contributed by atoms with E-state index in [1.807, 2.05) is 6.92 Å². The van der Waals surface area contributed by atoms with Gasteiger partial charge in [-0.2, -0.15) is 0 Å². The van der Waals surface area contributed by atoms with Gasteiger partial charge in [0.1, 0.15) is 11.6 Å². The normalized spacial score (nSPS) is 12.3. The average Bonchev–Trinajstić information content (AvgIpc) is 2.36. The molecule has 0 spiro atoms. The Morgan fingerprint density at radius 2 is 2.16 bits per heavy atom. The maximum Gasteiger partial charge on any atom is 0.219 e. The smallest absolute Gasteiger partial charge is 0.219 e. The molecule has 0 bridgehead atoms. The van der Waals surface area contributed by atoms with Crippen molar-refractivity contribution in [3.63, 3.8) is 0 Å². The molecular weight excluding hydrogens is 335 g/mol. The van der Waals surface area contributed by atoms with E-state index < -0.39 is 5.82 Å². The lowest BCUT2D eigenvalue weighted by molar-refractivity contribution is 0.454. The zero-order chi connectivity index (χ0) is 14.0. The van der Waals surface area contributed by atoms with Gasteiger partial charge in [-0.3, -0.25) is 0 Å². The number of pyridine rings is 1. The van der Waals surface area contributed by atoms with Gasteiger partial charge in [0.15, 0.2) is 0 Å². The first-order chi connectivity index (χ1) is 8.97. The van der Waals surface area contributed by atoms with Gasteiger partial charge in [0.2, 0.25) is 5.88 Å². The van der Waals surface area contributed by atoms with E-state index in [2.05, 4.69) is 20.9 Å². The third kappa shape index (κ3) is 3.43. The van der Waals surface area contributed by atoms with Crippen LogP contribution in [0.5, 0.6) is 11.6 Å². The number of benzene rings is 1. The maximum atomic E-state index is 13.4. The maximum absolute atomic E-state index is 13.4. The zero-order valence-corrected chi connectivity index (χ0v) is 12.4. The van der Waals surface area contributed by atoms with Crippen molar-refractivity contribution in [3.8, 4) is 11.6 Å². The molecule has 0 aliphatic heterocycles. The number of rotatable bonds is 3. The van der Waals surface area contributed by atoms with Crippen LogP contribution in [0.3, 0.4) is 0 Å². The Morgan fingerprint density at radius 1 is 1.42 bits per heavy atom. The summed E-state index contributed by atoms with van der Waals surface area (Å²) in [6.45, 7) is 1.86. The van der Waals surface area contributed by atoms with E-state index in [4.69, 9.17) is 22.1 Å². The van der Waals surface area contributed by atoms with Crippen molar-refractivity contribution in [2.24, 2.45) is 5.73 Å². The Hall–Kier alpha value is -1.17. The van der Waals surface area contributed by atoms with Crippen molar-refractivity contribution in [1.29, 1.82) is 0 Å². The van der Waals surface area contributed by atoms with Crippen molar-refractivity contribution in [2.45, 2.75) is 13.0 Å². The van der Waals surface area contributed by atoms with Gasteiger partial charge in [-0.25, -0.2) is 9.37 Å². The lowest BCUT2D eigenvalue weighted by Gasteiger charge is -2.10. The highest BCUT2D eigenvalue weighted by Crippen LogP contribution is 2.33. The Balaban J connectivity index is 2.31. The molecule has 2 aromatic rings. The second-order valence-corrected chi connectivity index (χ2v) is 5.28. The van der Waals surface area contributed by atoms with Gasteiger partial charge < -0.3 is 10.5 Å². The van der Waals surface area contributed by atoms with Gasteiger partial charge >= 0.3 is 0 Å². The van der Waals surface area contributed by atoms with Gasteiger partial charge in [0, 0.05) is 24.4 Å². The SMILES string of the molecule is CC(N)c1ccnc(Oc2cc(F)c(Cl)cc2Br)c1. The number of hydrogen-bond donors (Lipinski definition) is 1. The number of hydrogen-bond acceptors (Lipinski definition) is 3. The zero-order valence-electron chi connectivity index (χ0n) is 10.0. The summed E-state index contributed by atoms with van der Waals surface area (Å²) in [6, 6.07) is 6.02. The third-order valence-corrected chi connectivity index (χ3v) is 3.38. The van der Waals surface area contributed by atoms with Crippen LogP contribution in [0.25, 0.3) is 0 Å². The molecule has 0 saturated heterocycles. The molecular formula is C13H11BrClFN2O. The summed E-state index contributed by atoms with van der Waals surface area (Å²) in [5.74, 6) is 0.0941. The molecule has 1 aromatic carbocycles. The van der Waals surface area contributed by atoms with E-state index in [1.165, 1.54) is 12.1 Å². The first-order valence-corrected chi connectivity index (χ1v) is 6.68. The molecule has 100 valence electrons. The van der Waals surface area contributed by atoms with Crippen LogP contribution in [0, 0.1) is 5.82 Å². The van der Waals surface area contributed by atoms with Crippen molar-refractivity contribution in [2.75, 3.05) is 0 Å². The van der Waals surface area contributed by atoms with E-state index in [9.17, 15) is 4.39 Å². The van der Waals surface area contributed by atoms with E-state index >= 15 is 0 Å². The van der Waals surface area contributed by atoms with Crippen LogP contribution in [-0.2, 0) is 0 Å². The summed E-state index contributed by atoms with van der Waals surface area (Å²) < 4.78 is 19.5. The standard InChI is InChI=1S/C13H11BrClFN2O/c1-7(17)8-2-3-18-13(4-8)19-12-6-11(16)10(15)5-9(12)14/h2-7H,17H2,1H3. The monoisotopic (exact) mass is 344 g/mol. The second kappa shape index (κ2) is 5.86. The largest absolute Gasteiger partial charge is 0.438 e. The molecule has 0 radical (unpaired) electrons. The topological polar surface area (TPSA) is 48.1 Å². The Kier molecular flexibility index (Phi) is 4.39. The highest BCUT2D eigenvalue weighted by atomic mass is 79.9. The molecule has 2 rings (SSSR count). The van der Waals surface area contributed by atoms with E-state index in [1.54, 1.807) is 18.3 Å². The van der Waals surface area contributed by atoms with Crippen LogP contribution in [0.2, 0.25) is 5.02 Å². The number of ether oxygens (including phenoxy) is 1. The van der Waals surface area contributed by atoms with E-state index in [0.717, 1.165) is 5.56 Å². The summed E-state index contributed by atoms with van der Waals surface area (Å²) in [7, 11) is 0. The molecule has 0 aliphatic carbocycles. The van der Waals surface area contributed by atoms with Gasteiger partial charge in [-0.1, -0.05) is 11.6 Å². The highest BCUT2D eigenvalue weighted by Gasteiger charge is 2.10. The fourth-order valence-electron chi connectivity index (χ4n) is 1.46. The third-order valence-electron chi connectivity index (χ3n) is 2.47. The average molecular weight is 346 g/mol. The Labute approximate surface area is 123 Å². The molecule has 1 unspecified atom stereocenters. The number of aromatic nitrogens is 1. The van der Waals surface area contributed by atoms with Gasteiger partial charge in [0.05, 0.1) is 9.50 Å². The summed E-state index contributed by atoms with van der Waals surface area (Å²) in [6.07, 6.45) is 1.59. The summed E-state index contributed by atoms with van der Waals surface area (Å²) >= 11 is 8.92. The summed E-state index contributed by atoms with van der Waals surface area (Å²) in [5, 5.41) is 0.0246. The fraction of sp³-hybridized carbons (Fsp3) is 0.154. The van der Waals surface area contributed by atoms with Gasteiger partial charge in [-0.05, 0) is 40.5 Å². The first-order valence-electron chi connectivity index (χ1n) is 5.51. The lowest BCUT2D eigenvalue weighted by atomic mass is 10.1. The Morgan fingerprint density at radius 3 is 2.84 bits per heavy atom. The predicted octanol–water partition coefficient (Wildman–Crippen LogP) is 4.45. The van der Waals surface area contributed by atoms with Gasteiger partial charge in [-0.15, -0.1) is 0 Å². The molecule has 1 heterocycles. The van der Waals surface area contributed by atoms with Crippen molar-refractivity contribution in [3.05, 3.63) is 51.3 Å². The summed E-state index contributed by atoms with van der Waals surface area (Å²) in [5.41, 5.74) is 6.66. The number of halogens is 3. The van der Waals surface area contributed by atoms with Crippen LogP contribution in [-0.4, -0.2) is 4.98 Å². The second-order valence-electron chi connectivity index (χ2n) is 4.01. The molecule has 0 fully saturated rings. The lowest BCUT2D eigenvalue weighted by Crippen LogP contribution is -2.05. The predicted molar refractivity (Wildman–Crippen MR) is 76.0 cm³/mol. The van der Waals surface area contributed by atoms with Crippen molar-refractivity contribution in [1.82, 2.24) is 4.98 Å². The quantitative estimate of drug-likeness (QED) is 0.836. The number of nitrogens with zero attached hydrogens (tertiary/aromatic N) is 1. The van der Waals surface area contributed by atoms with Crippen molar-refractivity contribution < 1.29 is 9.13 Å². The summed E-state index contributed by atoms with van der Waals surface area (Å²) in [4.78, 5) is 4.06.